The van der Waals surface area contributed by atoms with Crippen molar-refractivity contribution in [3.05, 3.63) is 45.4 Å². The van der Waals surface area contributed by atoms with Gasteiger partial charge in [0.15, 0.2) is 4.47 Å². The average molecular weight is 297 g/mol. The zero-order valence-electron chi connectivity index (χ0n) is 10.4. The number of nitrogens with one attached hydrogen (secondary N) is 1. The predicted octanol–water partition coefficient (Wildman–Crippen LogP) is 3.59. The van der Waals surface area contributed by atoms with Crippen molar-refractivity contribution in [3.8, 4) is 0 Å². The molecule has 0 saturated heterocycles. The van der Waals surface area contributed by atoms with Gasteiger partial charge in [0.2, 0.25) is 0 Å². The highest BCUT2D eigenvalue weighted by atomic mass is 35.5. The van der Waals surface area contributed by atoms with Gasteiger partial charge in [-0.05, 0) is 31.2 Å². The minimum absolute atomic E-state index is 0.303. The first-order valence-electron chi connectivity index (χ1n) is 5.80. The third-order valence-electron chi connectivity index (χ3n) is 2.39. The molecular formula is C13H13ClN2O2S. The predicted molar refractivity (Wildman–Crippen MR) is 76.8 cm³/mol. The van der Waals surface area contributed by atoms with E-state index in [2.05, 4.69) is 10.3 Å². The van der Waals surface area contributed by atoms with E-state index in [1.54, 1.807) is 25.3 Å². The fourth-order valence-electron chi connectivity index (χ4n) is 1.49. The number of nitrogens with zero attached hydrogens (tertiary/aromatic N) is 1. The number of hydrogen-bond donors (Lipinski definition) is 1. The molecule has 0 spiro atoms. The lowest BCUT2D eigenvalue weighted by molar-refractivity contribution is 0.0526. The maximum atomic E-state index is 11.5. The van der Waals surface area contributed by atoms with Gasteiger partial charge in [-0.3, -0.25) is 0 Å². The zero-order valence-corrected chi connectivity index (χ0v) is 11.9. The Hall–Kier alpha value is -1.59. The molecule has 1 heterocycles. The molecule has 0 aliphatic heterocycles. The van der Waals surface area contributed by atoms with Crippen molar-refractivity contribution in [2.24, 2.45) is 0 Å². The first-order valence-corrected chi connectivity index (χ1v) is 6.99. The Balaban J connectivity index is 1.93. The molecule has 0 atom stereocenters. The normalized spacial score (nSPS) is 10.2. The Bertz CT molecular complexity index is 554. The van der Waals surface area contributed by atoms with Crippen molar-refractivity contribution in [1.29, 1.82) is 0 Å². The van der Waals surface area contributed by atoms with Gasteiger partial charge in [0.1, 0.15) is 0 Å². The minimum atomic E-state index is -0.303. The van der Waals surface area contributed by atoms with Gasteiger partial charge in [-0.25, -0.2) is 9.78 Å². The molecule has 0 aliphatic carbocycles. The molecule has 0 unspecified atom stereocenters. The van der Waals surface area contributed by atoms with E-state index >= 15 is 0 Å². The average Bonchev–Trinajstić information content (AvgIpc) is 2.83. The highest BCUT2D eigenvalue weighted by molar-refractivity contribution is 7.15. The standard InChI is InChI=1S/C13H13ClN2O2S/c1-2-18-12(17)9-3-5-10(6-4-9)15-7-11-8-16-13(14)19-11/h3-6,8,15H,2,7H2,1H3. The summed E-state index contributed by atoms with van der Waals surface area (Å²) in [7, 11) is 0. The van der Waals surface area contributed by atoms with Crippen molar-refractivity contribution in [3.63, 3.8) is 0 Å². The van der Waals surface area contributed by atoms with Gasteiger partial charge in [0.05, 0.1) is 18.7 Å². The Morgan fingerprint density at radius 1 is 1.42 bits per heavy atom. The topological polar surface area (TPSA) is 51.2 Å². The highest BCUT2D eigenvalue weighted by Gasteiger charge is 2.05. The fourth-order valence-corrected chi connectivity index (χ4v) is 2.41. The summed E-state index contributed by atoms with van der Waals surface area (Å²) in [5.41, 5.74) is 1.48. The van der Waals surface area contributed by atoms with E-state index in [9.17, 15) is 4.79 Å². The first-order chi connectivity index (χ1) is 9.19. The number of rotatable bonds is 5. The van der Waals surface area contributed by atoms with Crippen LogP contribution in [0.25, 0.3) is 0 Å². The molecule has 100 valence electrons. The molecule has 0 aliphatic rings. The van der Waals surface area contributed by atoms with E-state index in [-0.39, 0.29) is 5.97 Å². The minimum Gasteiger partial charge on any atom is -0.462 e. The number of benzene rings is 1. The maximum absolute atomic E-state index is 11.5. The van der Waals surface area contributed by atoms with Crippen molar-refractivity contribution >= 4 is 34.6 Å². The summed E-state index contributed by atoms with van der Waals surface area (Å²) >= 11 is 7.20. The lowest BCUT2D eigenvalue weighted by Gasteiger charge is -2.06. The molecule has 0 amide bonds. The van der Waals surface area contributed by atoms with E-state index in [1.807, 2.05) is 12.1 Å². The molecule has 6 heteroatoms. The SMILES string of the molecule is CCOC(=O)c1ccc(NCc2cnc(Cl)s2)cc1. The van der Waals surface area contributed by atoms with E-state index in [4.69, 9.17) is 16.3 Å². The highest BCUT2D eigenvalue weighted by Crippen LogP contribution is 2.19. The van der Waals surface area contributed by atoms with Crippen LogP contribution in [0.4, 0.5) is 5.69 Å². The molecule has 0 fully saturated rings. The number of esters is 1. The van der Waals surface area contributed by atoms with E-state index in [1.165, 1.54) is 11.3 Å². The molecule has 0 bridgehead atoms. The second kappa shape index (κ2) is 6.54. The largest absolute Gasteiger partial charge is 0.462 e. The second-order valence-corrected chi connectivity index (χ2v) is 5.43. The molecule has 1 N–H and O–H groups in total. The van der Waals surface area contributed by atoms with Gasteiger partial charge < -0.3 is 10.1 Å². The van der Waals surface area contributed by atoms with Gasteiger partial charge in [-0.2, -0.15) is 0 Å². The summed E-state index contributed by atoms with van der Waals surface area (Å²) in [6.07, 6.45) is 1.74. The van der Waals surface area contributed by atoms with E-state index in [0.717, 1.165) is 10.6 Å². The summed E-state index contributed by atoms with van der Waals surface area (Å²) < 4.78 is 5.46. The number of carbonyl (C=O) groups is 1. The number of carbonyl (C=O) groups excluding carboxylic acids is 1. The number of anilines is 1. The van der Waals surface area contributed by atoms with Gasteiger partial charge in [-0.15, -0.1) is 11.3 Å². The number of aromatic nitrogens is 1. The van der Waals surface area contributed by atoms with Crippen molar-refractivity contribution < 1.29 is 9.53 Å². The number of thiazole rings is 1. The summed E-state index contributed by atoms with van der Waals surface area (Å²) in [5.74, 6) is -0.303. The Morgan fingerprint density at radius 2 is 2.16 bits per heavy atom. The van der Waals surface area contributed by atoms with Gasteiger partial charge in [0.25, 0.3) is 0 Å². The third-order valence-corrected chi connectivity index (χ3v) is 3.50. The summed E-state index contributed by atoms with van der Waals surface area (Å²) in [6, 6.07) is 7.16. The summed E-state index contributed by atoms with van der Waals surface area (Å²) in [5, 5.41) is 3.23. The fraction of sp³-hybridized carbons (Fsp3) is 0.231. The molecular weight excluding hydrogens is 284 g/mol. The summed E-state index contributed by atoms with van der Waals surface area (Å²) in [4.78, 5) is 16.5. The van der Waals surface area contributed by atoms with Crippen molar-refractivity contribution in [1.82, 2.24) is 4.98 Å². The van der Waals surface area contributed by atoms with Crippen LogP contribution in [-0.4, -0.2) is 17.6 Å². The molecule has 19 heavy (non-hydrogen) atoms. The second-order valence-electron chi connectivity index (χ2n) is 3.73. The Kier molecular flexibility index (Phi) is 4.76. The molecule has 2 rings (SSSR count). The zero-order chi connectivity index (χ0) is 13.7. The molecule has 1 aromatic heterocycles. The smallest absolute Gasteiger partial charge is 0.338 e. The summed E-state index contributed by atoms with van der Waals surface area (Å²) in [6.45, 7) is 2.82. The lowest BCUT2D eigenvalue weighted by atomic mass is 10.2. The number of ether oxygens (including phenoxy) is 1. The third kappa shape index (κ3) is 3.94. The van der Waals surface area contributed by atoms with Crippen LogP contribution in [0.2, 0.25) is 4.47 Å². The van der Waals surface area contributed by atoms with Crippen LogP contribution in [0.5, 0.6) is 0 Å². The first kappa shape index (κ1) is 13.8. The number of hydrogen-bond acceptors (Lipinski definition) is 5. The van der Waals surface area contributed by atoms with Gasteiger partial charge in [0, 0.05) is 16.8 Å². The van der Waals surface area contributed by atoms with Crippen LogP contribution >= 0.6 is 22.9 Å². The van der Waals surface area contributed by atoms with Gasteiger partial charge >= 0.3 is 5.97 Å². The number of halogens is 1. The maximum Gasteiger partial charge on any atom is 0.338 e. The van der Waals surface area contributed by atoms with Crippen molar-refractivity contribution in [2.45, 2.75) is 13.5 Å². The van der Waals surface area contributed by atoms with Crippen molar-refractivity contribution in [2.75, 3.05) is 11.9 Å². The quantitative estimate of drug-likeness (QED) is 0.857. The van der Waals surface area contributed by atoms with Crippen LogP contribution in [-0.2, 0) is 11.3 Å². The monoisotopic (exact) mass is 296 g/mol. The van der Waals surface area contributed by atoms with Crippen LogP contribution in [0.1, 0.15) is 22.2 Å². The molecule has 4 nitrogen and oxygen atoms in total. The van der Waals surface area contributed by atoms with Gasteiger partial charge in [-0.1, -0.05) is 11.6 Å². The van der Waals surface area contributed by atoms with Crippen LogP contribution in [0.3, 0.4) is 0 Å². The molecule has 2 aromatic rings. The van der Waals surface area contributed by atoms with E-state index in [0.29, 0.717) is 23.2 Å². The Morgan fingerprint density at radius 3 is 2.74 bits per heavy atom. The molecule has 0 radical (unpaired) electrons. The van der Waals surface area contributed by atoms with E-state index < -0.39 is 0 Å². The lowest BCUT2D eigenvalue weighted by Crippen LogP contribution is -2.04. The Labute approximate surface area is 120 Å². The van der Waals surface area contributed by atoms with Crippen LogP contribution in [0, 0.1) is 0 Å². The molecule has 1 aromatic carbocycles. The molecule has 0 saturated carbocycles. The van der Waals surface area contributed by atoms with Crippen LogP contribution < -0.4 is 5.32 Å². The van der Waals surface area contributed by atoms with Crippen LogP contribution in [0.15, 0.2) is 30.5 Å².